The Kier molecular flexibility index (Phi) is 5.76. The number of carbonyl (C=O) groups is 1. The number of alkyl carbamates (subject to hydrolysis) is 1. The molecule has 1 amide bonds. The lowest BCUT2D eigenvalue weighted by Crippen LogP contribution is -2.38. The summed E-state index contributed by atoms with van der Waals surface area (Å²) in [6, 6.07) is 4.98. The van der Waals surface area contributed by atoms with E-state index in [-0.39, 0.29) is 12.1 Å². The van der Waals surface area contributed by atoms with Gasteiger partial charge in [-0.1, -0.05) is 0 Å². The maximum atomic E-state index is 12.2. The van der Waals surface area contributed by atoms with Crippen LogP contribution >= 0.6 is 0 Å². The number of hydrogen-bond donors (Lipinski definition) is 2. The molecular weight excluding hydrogens is 374 g/mol. The Labute approximate surface area is 168 Å². The third-order valence-electron chi connectivity index (χ3n) is 4.67. The van der Waals surface area contributed by atoms with Crippen LogP contribution in [0.3, 0.4) is 0 Å². The van der Waals surface area contributed by atoms with E-state index in [2.05, 4.69) is 15.6 Å². The molecule has 2 heterocycles. The molecule has 1 aliphatic carbocycles. The Balaban J connectivity index is 1.60. The van der Waals surface area contributed by atoms with Gasteiger partial charge in [0, 0.05) is 31.4 Å². The summed E-state index contributed by atoms with van der Waals surface area (Å²) in [5.41, 5.74) is -0.930. The number of aromatic nitrogens is 3. The second-order valence-corrected chi connectivity index (χ2v) is 8.28. The van der Waals surface area contributed by atoms with E-state index in [4.69, 9.17) is 4.74 Å². The fourth-order valence-corrected chi connectivity index (χ4v) is 3.33. The molecule has 0 aliphatic heterocycles. The predicted molar refractivity (Wildman–Crippen MR) is 109 cm³/mol. The SMILES string of the molecule is Cn1ccc(=O)n(-c2ccc(N[C@H]3CC[C@H](NC(=O)OC(C)(C)C)C3)nc2)c1=O. The monoisotopic (exact) mass is 401 g/mol. The number of anilines is 1. The second-order valence-electron chi connectivity index (χ2n) is 8.28. The molecule has 0 spiro atoms. The van der Waals surface area contributed by atoms with Crippen molar-refractivity contribution in [1.82, 2.24) is 19.4 Å². The summed E-state index contributed by atoms with van der Waals surface area (Å²) in [5, 5.41) is 6.24. The molecule has 1 aliphatic rings. The molecule has 9 nitrogen and oxygen atoms in total. The van der Waals surface area contributed by atoms with Gasteiger partial charge in [0.25, 0.3) is 5.56 Å². The van der Waals surface area contributed by atoms with Crippen molar-refractivity contribution in [3.63, 3.8) is 0 Å². The van der Waals surface area contributed by atoms with Crippen molar-refractivity contribution in [3.8, 4) is 5.69 Å². The summed E-state index contributed by atoms with van der Waals surface area (Å²) in [6.45, 7) is 5.50. The van der Waals surface area contributed by atoms with Gasteiger partial charge in [0.15, 0.2) is 0 Å². The van der Waals surface area contributed by atoms with Gasteiger partial charge in [-0.3, -0.25) is 4.79 Å². The van der Waals surface area contributed by atoms with E-state index in [0.29, 0.717) is 11.5 Å². The quantitative estimate of drug-likeness (QED) is 0.809. The van der Waals surface area contributed by atoms with Gasteiger partial charge in [0.1, 0.15) is 11.4 Å². The first-order valence-corrected chi connectivity index (χ1v) is 9.63. The van der Waals surface area contributed by atoms with Gasteiger partial charge in [-0.05, 0) is 52.2 Å². The van der Waals surface area contributed by atoms with Gasteiger partial charge < -0.3 is 19.9 Å². The first kappa shape index (κ1) is 20.6. The number of hydrogen-bond acceptors (Lipinski definition) is 6. The summed E-state index contributed by atoms with van der Waals surface area (Å²) < 4.78 is 7.71. The lowest BCUT2D eigenvalue weighted by molar-refractivity contribution is 0.0505. The molecule has 1 fully saturated rings. The molecule has 2 aromatic rings. The summed E-state index contributed by atoms with van der Waals surface area (Å²) in [4.78, 5) is 40.5. The molecule has 2 atom stereocenters. The van der Waals surface area contributed by atoms with Crippen LogP contribution in [0, 0.1) is 0 Å². The number of rotatable bonds is 4. The number of ether oxygens (including phenoxy) is 1. The minimum absolute atomic E-state index is 0.0486. The Bertz CT molecular complexity index is 988. The van der Waals surface area contributed by atoms with E-state index in [1.54, 1.807) is 19.2 Å². The van der Waals surface area contributed by atoms with Gasteiger partial charge in [-0.25, -0.2) is 19.1 Å². The number of amides is 1. The number of pyridine rings is 1. The van der Waals surface area contributed by atoms with E-state index in [1.807, 2.05) is 20.8 Å². The van der Waals surface area contributed by atoms with Gasteiger partial charge >= 0.3 is 11.8 Å². The molecule has 9 heteroatoms. The number of aryl methyl sites for hydroxylation is 1. The molecule has 156 valence electrons. The summed E-state index contributed by atoms with van der Waals surface area (Å²) in [6.07, 6.45) is 5.04. The van der Waals surface area contributed by atoms with Gasteiger partial charge in [-0.15, -0.1) is 0 Å². The summed E-state index contributed by atoms with van der Waals surface area (Å²) in [7, 11) is 1.59. The number of carbonyl (C=O) groups excluding carboxylic acids is 1. The van der Waals surface area contributed by atoms with E-state index in [1.165, 1.54) is 23.0 Å². The van der Waals surface area contributed by atoms with Crippen LogP contribution < -0.4 is 21.9 Å². The highest BCUT2D eigenvalue weighted by Crippen LogP contribution is 2.23. The van der Waals surface area contributed by atoms with Crippen molar-refractivity contribution in [1.29, 1.82) is 0 Å². The molecule has 0 aromatic carbocycles. The van der Waals surface area contributed by atoms with Crippen molar-refractivity contribution in [3.05, 3.63) is 51.4 Å². The van der Waals surface area contributed by atoms with Gasteiger partial charge in [0.05, 0.1) is 11.9 Å². The second kappa shape index (κ2) is 8.10. The topological polar surface area (TPSA) is 107 Å². The molecule has 0 radical (unpaired) electrons. The van der Waals surface area contributed by atoms with Crippen molar-refractivity contribution < 1.29 is 9.53 Å². The minimum Gasteiger partial charge on any atom is -0.444 e. The Morgan fingerprint density at radius 2 is 1.90 bits per heavy atom. The third-order valence-corrected chi connectivity index (χ3v) is 4.67. The third kappa shape index (κ3) is 5.24. The van der Waals surface area contributed by atoms with Crippen molar-refractivity contribution >= 4 is 11.9 Å². The first-order chi connectivity index (χ1) is 13.6. The lowest BCUT2D eigenvalue weighted by atomic mass is 10.2. The Morgan fingerprint density at radius 1 is 1.17 bits per heavy atom. The molecule has 0 saturated heterocycles. The van der Waals surface area contributed by atoms with Crippen molar-refractivity contribution in [2.24, 2.45) is 7.05 Å². The fourth-order valence-electron chi connectivity index (χ4n) is 3.33. The zero-order valence-corrected chi connectivity index (χ0v) is 17.1. The van der Waals surface area contributed by atoms with Gasteiger partial charge in [0.2, 0.25) is 0 Å². The Hall–Kier alpha value is -3.10. The highest BCUT2D eigenvalue weighted by Gasteiger charge is 2.27. The van der Waals surface area contributed by atoms with Crippen LogP contribution in [0.25, 0.3) is 5.69 Å². The average Bonchev–Trinajstić information content (AvgIpc) is 3.05. The van der Waals surface area contributed by atoms with Crippen LogP contribution in [0.15, 0.2) is 40.2 Å². The predicted octanol–water partition coefficient (Wildman–Crippen LogP) is 1.79. The van der Waals surface area contributed by atoms with Crippen molar-refractivity contribution in [2.45, 2.75) is 57.7 Å². The molecule has 0 unspecified atom stereocenters. The van der Waals surface area contributed by atoms with Crippen LogP contribution in [0.1, 0.15) is 40.0 Å². The van der Waals surface area contributed by atoms with Crippen LogP contribution in [0.5, 0.6) is 0 Å². The van der Waals surface area contributed by atoms with Crippen LogP contribution in [-0.2, 0) is 11.8 Å². The fraction of sp³-hybridized carbons (Fsp3) is 0.500. The van der Waals surface area contributed by atoms with Crippen LogP contribution in [0.4, 0.5) is 10.6 Å². The highest BCUT2D eigenvalue weighted by atomic mass is 16.6. The number of nitrogens with zero attached hydrogens (tertiary/aromatic N) is 3. The maximum absolute atomic E-state index is 12.2. The summed E-state index contributed by atoms with van der Waals surface area (Å²) in [5.74, 6) is 0.650. The van der Waals surface area contributed by atoms with E-state index < -0.39 is 22.9 Å². The molecule has 2 N–H and O–H groups in total. The van der Waals surface area contributed by atoms with E-state index in [9.17, 15) is 14.4 Å². The Morgan fingerprint density at radius 3 is 2.55 bits per heavy atom. The van der Waals surface area contributed by atoms with Crippen LogP contribution in [-0.4, -0.2) is 37.9 Å². The average molecular weight is 401 g/mol. The zero-order valence-electron chi connectivity index (χ0n) is 17.1. The lowest BCUT2D eigenvalue weighted by Gasteiger charge is -2.22. The standard InChI is InChI=1S/C20H27N5O4/c1-20(2,3)29-18(27)23-14-6-5-13(11-14)22-16-8-7-15(12-21-16)25-17(26)9-10-24(4)19(25)28/h7-10,12-14H,5-6,11H2,1-4H3,(H,21,22)(H,23,27)/t13-,14-/m0/s1. The molecule has 0 bridgehead atoms. The normalized spacial score (nSPS) is 19.0. The minimum atomic E-state index is -0.520. The van der Waals surface area contributed by atoms with Gasteiger partial charge in [-0.2, -0.15) is 0 Å². The number of nitrogens with one attached hydrogen (secondary N) is 2. The molecular formula is C20H27N5O4. The summed E-state index contributed by atoms with van der Waals surface area (Å²) >= 11 is 0. The molecule has 1 saturated carbocycles. The maximum Gasteiger partial charge on any atom is 0.407 e. The highest BCUT2D eigenvalue weighted by molar-refractivity contribution is 5.68. The van der Waals surface area contributed by atoms with E-state index >= 15 is 0 Å². The smallest absolute Gasteiger partial charge is 0.407 e. The molecule has 29 heavy (non-hydrogen) atoms. The van der Waals surface area contributed by atoms with E-state index in [0.717, 1.165) is 23.8 Å². The molecule has 2 aromatic heterocycles. The molecule has 3 rings (SSSR count). The zero-order chi connectivity index (χ0) is 21.2. The van der Waals surface area contributed by atoms with Crippen molar-refractivity contribution in [2.75, 3.05) is 5.32 Å². The first-order valence-electron chi connectivity index (χ1n) is 9.63. The van der Waals surface area contributed by atoms with Crippen LogP contribution in [0.2, 0.25) is 0 Å². The largest absolute Gasteiger partial charge is 0.444 e.